The number of rotatable bonds is 9. The highest BCUT2D eigenvalue weighted by Gasteiger charge is 2.54. The first kappa shape index (κ1) is 21.0. The third-order valence-electron chi connectivity index (χ3n) is 7.13. The Balaban J connectivity index is 1.21. The molecule has 1 aromatic carbocycles. The molecule has 0 spiro atoms. The summed E-state index contributed by atoms with van der Waals surface area (Å²) in [5.41, 5.74) is 0.563. The lowest BCUT2D eigenvalue weighted by Crippen LogP contribution is -2.53. The van der Waals surface area contributed by atoms with Crippen LogP contribution in [0.5, 0.6) is 11.5 Å². The number of carbonyl (C=O) groups excluding carboxylic acids is 2. The van der Waals surface area contributed by atoms with Crippen LogP contribution in [0.2, 0.25) is 0 Å². The molecule has 0 saturated heterocycles. The zero-order chi connectivity index (χ0) is 21.1. The van der Waals surface area contributed by atoms with Gasteiger partial charge < -0.3 is 20.1 Å². The van der Waals surface area contributed by atoms with Crippen LogP contribution in [-0.4, -0.2) is 32.1 Å². The second-order valence-electron chi connectivity index (χ2n) is 9.40. The van der Waals surface area contributed by atoms with Crippen LogP contribution < -0.4 is 20.1 Å². The fourth-order valence-corrected chi connectivity index (χ4v) is 6.27. The largest absolute Gasteiger partial charge is 0.493 e. The SMILES string of the molecule is CCOc1ccc(NC(=O)CCCNC(=O)C23CC4CC(CC(C4)C2)C3)cc1OC. The average Bonchev–Trinajstić information content (AvgIpc) is 2.71. The molecule has 0 aromatic heterocycles. The highest BCUT2D eigenvalue weighted by molar-refractivity contribution is 5.91. The summed E-state index contributed by atoms with van der Waals surface area (Å²) in [4.78, 5) is 25.2. The minimum Gasteiger partial charge on any atom is -0.493 e. The molecule has 0 unspecified atom stereocenters. The van der Waals surface area contributed by atoms with Gasteiger partial charge in [0.25, 0.3) is 0 Å². The van der Waals surface area contributed by atoms with Gasteiger partial charge in [-0.3, -0.25) is 9.59 Å². The minimum absolute atomic E-state index is 0.0646. The summed E-state index contributed by atoms with van der Waals surface area (Å²) in [6.45, 7) is 3.02. The van der Waals surface area contributed by atoms with Crippen molar-refractivity contribution in [2.45, 2.75) is 58.3 Å². The molecule has 4 saturated carbocycles. The van der Waals surface area contributed by atoms with Gasteiger partial charge in [-0.2, -0.15) is 0 Å². The Kier molecular flexibility index (Phi) is 6.21. The number of ether oxygens (including phenoxy) is 2. The fourth-order valence-electron chi connectivity index (χ4n) is 6.27. The molecule has 5 rings (SSSR count). The van der Waals surface area contributed by atoms with Crippen LogP contribution in [-0.2, 0) is 9.59 Å². The van der Waals surface area contributed by atoms with Crippen LogP contribution in [0.1, 0.15) is 58.3 Å². The number of nitrogens with one attached hydrogen (secondary N) is 2. The van der Waals surface area contributed by atoms with Crippen LogP contribution in [0.3, 0.4) is 0 Å². The van der Waals surface area contributed by atoms with Crippen molar-refractivity contribution in [1.82, 2.24) is 5.32 Å². The highest BCUT2D eigenvalue weighted by Crippen LogP contribution is 2.60. The van der Waals surface area contributed by atoms with Crippen molar-refractivity contribution in [2.24, 2.45) is 23.2 Å². The Bertz CT molecular complexity index is 756. The molecule has 4 fully saturated rings. The van der Waals surface area contributed by atoms with Crippen molar-refractivity contribution >= 4 is 17.5 Å². The maximum Gasteiger partial charge on any atom is 0.226 e. The van der Waals surface area contributed by atoms with E-state index in [-0.39, 0.29) is 17.2 Å². The molecular formula is C24H34N2O4. The van der Waals surface area contributed by atoms with E-state index in [0.717, 1.165) is 37.0 Å². The van der Waals surface area contributed by atoms with Crippen molar-refractivity contribution in [1.29, 1.82) is 0 Å². The Labute approximate surface area is 179 Å². The van der Waals surface area contributed by atoms with Gasteiger partial charge in [0, 0.05) is 30.1 Å². The molecule has 6 heteroatoms. The number of carbonyl (C=O) groups is 2. The molecule has 164 valence electrons. The number of amides is 2. The number of methoxy groups -OCH3 is 1. The van der Waals surface area contributed by atoms with Crippen molar-refractivity contribution in [3.05, 3.63) is 18.2 Å². The van der Waals surface area contributed by atoms with Gasteiger partial charge in [-0.25, -0.2) is 0 Å². The Morgan fingerprint density at radius 1 is 1.07 bits per heavy atom. The van der Waals surface area contributed by atoms with E-state index in [1.165, 1.54) is 19.3 Å². The zero-order valence-electron chi connectivity index (χ0n) is 18.2. The third kappa shape index (κ3) is 4.42. The Hall–Kier alpha value is -2.24. The molecule has 4 bridgehead atoms. The molecule has 1 aromatic rings. The quantitative estimate of drug-likeness (QED) is 0.595. The first-order valence-corrected chi connectivity index (χ1v) is 11.4. The van der Waals surface area contributed by atoms with Gasteiger partial charge in [0.05, 0.1) is 13.7 Å². The summed E-state index contributed by atoms with van der Waals surface area (Å²) in [5.74, 6) is 3.71. The Morgan fingerprint density at radius 3 is 2.33 bits per heavy atom. The summed E-state index contributed by atoms with van der Waals surface area (Å²) in [6, 6.07) is 5.36. The van der Waals surface area contributed by atoms with E-state index < -0.39 is 0 Å². The van der Waals surface area contributed by atoms with E-state index >= 15 is 0 Å². The maximum absolute atomic E-state index is 13.0. The number of hydrogen-bond acceptors (Lipinski definition) is 4. The molecule has 2 amide bonds. The maximum atomic E-state index is 13.0. The molecule has 4 aliphatic carbocycles. The summed E-state index contributed by atoms with van der Waals surface area (Å²) < 4.78 is 10.8. The molecule has 0 radical (unpaired) electrons. The normalized spacial score (nSPS) is 28.8. The van der Waals surface area contributed by atoms with Gasteiger partial charge in [-0.1, -0.05) is 0 Å². The van der Waals surface area contributed by atoms with Gasteiger partial charge in [0.1, 0.15) is 0 Å². The van der Waals surface area contributed by atoms with Crippen LogP contribution in [0.25, 0.3) is 0 Å². The van der Waals surface area contributed by atoms with Crippen LogP contribution in [0.15, 0.2) is 18.2 Å². The first-order chi connectivity index (χ1) is 14.5. The van der Waals surface area contributed by atoms with Crippen molar-refractivity contribution in [3.63, 3.8) is 0 Å². The molecule has 0 aliphatic heterocycles. The smallest absolute Gasteiger partial charge is 0.226 e. The number of hydrogen-bond donors (Lipinski definition) is 2. The lowest BCUT2D eigenvalue weighted by atomic mass is 9.49. The van der Waals surface area contributed by atoms with Crippen LogP contribution >= 0.6 is 0 Å². The van der Waals surface area contributed by atoms with E-state index in [2.05, 4.69) is 10.6 Å². The third-order valence-corrected chi connectivity index (χ3v) is 7.13. The lowest BCUT2D eigenvalue weighted by molar-refractivity contribution is -0.146. The summed E-state index contributed by atoms with van der Waals surface area (Å²) in [6.07, 6.45) is 8.24. The van der Waals surface area contributed by atoms with E-state index in [4.69, 9.17) is 9.47 Å². The molecule has 4 aliphatic rings. The predicted octanol–water partition coefficient (Wildman–Crippen LogP) is 4.15. The van der Waals surface area contributed by atoms with Crippen LogP contribution in [0, 0.1) is 23.2 Å². The second kappa shape index (κ2) is 8.86. The topological polar surface area (TPSA) is 76.7 Å². The number of anilines is 1. The molecule has 2 N–H and O–H groups in total. The molecule has 0 heterocycles. The van der Waals surface area contributed by atoms with Gasteiger partial charge in [0.15, 0.2) is 11.5 Å². The molecule has 30 heavy (non-hydrogen) atoms. The van der Waals surface area contributed by atoms with Gasteiger partial charge in [-0.05, 0) is 81.8 Å². The monoisotopic (exact) mass is 414 g/mol. The van der Waals surface area contributed by atoms with Gasteiger partial charge >= 0.3 is 0 Å². The molecular weight excluding hydrogens is 380 g/mol. The predicted molar refractivity (Wildman–Crippen MR) is 116 cm³/mol. The zero-order valence-corrected chi connectivity index (χ0v) is 18.2. The molecule has 0 atom stereocenters. The summed E-state index contributed by atoms with van der Waals surface area (Å²) >= 11 is 0. The standard InChI is InChI=1S/C24H34N2O4/c1-3-30-20-7-6-19(12-21(20)29-2)26-22(27)5-4-8-25-23(28)24-13-16-9-17(14-24)11-18(10-16)15-24/h6-7,12,16-18H,3-5,8-11,13-15H2,1-2H3,(H,25,28)(H,26,27). The fraction of sp³-hybridized carbons (Fsp3) is 0.667. The van der Waals surface area contributed by atoms with E-state index in [1.54, 1.807) is 25.3 Å². The van der Waals surface area contributed by atoms with Crippen molar-refractivity contribution in [3.8, 4) is 11.5 Å². The van der Waals surface area contributed by atoms with Crippen molar-refractivity contribution < 1.29 is 19.1 Å². The number of benzene rings is 1. The summed E-state index contributed by atoms with van der Waals surface area (Å²) in [7, 11) is 1.58. The molecule has 6 nitrogen and oxygen atoms in total. The van der Waals surface area contributed by atoms with Gasteiger partial charge in [-0.15, -0.1) is 0 Å². The van der Waals surface area contributed by atoms with Gasteiger partial charge in [0.2, 0.25) is 11.8 Å². The Morgan fingerprint density at radius 2 is 1.73 bits per heavy atom. The second-order valence-corrected chi connectivity index (χ2v) is 9.40. The lowest BCUT2D eigenvalue weighted by Gasteiger charge is -2.55. The van der Waals surface area contributed by atoms with E-state index in [9.17, 15) is 9.59 Å². The van der Waals surface area contributed by atoms with Crippen molar-refractivity contribution in [2.75, 3.05) is 25.6 Å². The average molecular weight is 415 g/mol. The van der Waals surface area contributed by atoms with Crippen LogP contribution in [0.4, 0.5) is 5.69 Å². The van der Waals surface area contributed by atoms with E-state index in [1.807, 2.05) is 6.92 Å². The van der Waals surface area contributed by atoms with E-state index in [0.29, 0.717) is 43.2 Å². The highest BCUT2D eigenvalue weighted by atomic mass is 16.5. The minimum atomic E-state index is -0.115. The first-order valence-electron chi connectivity index (χ1n) is 11.4. The summed E-state index contributed by atoms with van der Waals surface area (Å²) in [5, 5.41) is 6.04.